The molecule has 0 radical (unpaired) electrons. The molecule has 2 nitrogen and oxygen atoms in total. The second kappa shape index (κ2) is 5.22. The first-order valence-corrected chi connectivity index (χ1v) is 8.20. The molecule has 2 aliphatic rings. The molecule has 2 atom stereocenters. The monoisotopic (exact) mass is 264 g/mol. The van der Waals surface area contributed by atoms with Gasteiger partial charge in [-0.2, -0.15) is 11.3 Å². The standard InChI is InChI=1S/C15H24N2S/c1-11(2)12-7-14(16-13-3-4-13)9-17(8-12)15-5-6-18-10-15/h5-6,10-14,16H,3-4,7-9H2,1-2H3. The van der Waals surface area contributed by atoms with Crippen LogP contribution in [0.1, 0.15) is 33.1 Å². The number of piperidine rings is 1. The first kappa shape index (κ1) is 12.5. The Morgan fingerprint density at radius 3 is 2.72 bits per heavy atom. The van der Waals surface area contributed by atoms with Gasteiger partial charge in [-0.1, -0.05) is 13.8 Å². The molecule has 2 fully saturated rings. The van der Waals surface area contributed by atoms with Crippen LogP contribution in [0.15, 0.2) is 16.8 Å². The number of anilines is 1. The molecule has 0 aromatic carbocycles. The van der Waals surface area contributed by atoms with Crippen LogP contribution in [-0.2, 0) is 0 Å². The van der Waals surface area contributed by atoms with Gasteiger partial charge in [-0.3, -0.25) is 0 Å². The number of nitrogens with zero attached hydrogens (tertiary/aromatic N) is 1. The highest BCUT2D eigenvalue weighted by atomic mass is 32.1. The zero-order valence-corrected chi connectivity index (χ0v) is 12.2. The van der Waals surface area contributed by atoms with Gasteiger partial charge in [0.05, 0.1) is 0 Å². The van der Waals surface area contributed by atoms with Crippen molar-refractivity contribution in [3.05, 3.63) is 16.8 Å². The van der Waals surface area contributed by atoms with E-state index < -0.39 is 0 Å². The van der Waals surface area contributed by atoms with Gasteiger partial charge in [0, 0.05) is 36.2 Å². The molecule has 1 aromatic heterocycles. The summed E-state index contributed by atoms with van der Waals surface area (Å²) in [6.45, 7) is 7.17. The highest BCUT2D eigenvalue weighted by molar-refractivity contribution is 7.08. The lowest BCUT2D eigenvalue weighted by atomic mass is 9.85. The normalized spacial score (nSPS) is 28.9. The van der Waals surface area contributed by atoms with Gasteiger partial charge >= 0.3 is 0 Å². The third-order valence-corrected chi connectivity index (χ3v) is 5.02. The molecule has 18 heavy (non-hydrogen) atoms. The van der Waals surface area contributed by atoms with E-state index >= 15 is 0 Å². The second-order valence-corrected chi connectivity index (χ2v) is 7.04. The SMILES string of the molecule is CC(C)C1CC(NC2CC2)CN(c2ccsc2)C1. The summed E-state index contributed by atoms with van der Waals surface area (Å²) in [5, 5.41) is 8.31. The first-order chi connectivity index (χ1) is 8.72. The highest BCUT2D eigenvalue weighted by Gasteiger charge is 2.32. The Labute approximate surface area is 114 Å². The fourth-order valence-electron chi connectivity index (χ4n) is 2.97. The van der Waals surface area contributed by atoms with Crippen LogP contribution in [0.5, 0.6) is 0 Å². The van der Waals surface area contributed by atoms with Gasteiger partial charge in [-0.15, -0.1) is 0 Å². The minimum atomic E-state index is 0.693. The van der Waals surface area contributed by atoms with E-state index in [4.69, 9.17) is 0 Å². The topological polar surface area (TPSA) is 15.3 Å². The Kier molecular flexibility index (Phi) is 3.62. The Morgan fingerprint density at radius 2 is 2.11 bits per heavy atom. The van der Waals surface area contributed by atoms with Gasteiger partial charge < -0.3 is 10.2 Å². The molecule has 2 unspecified atom stereocenters. The summed E-state index contributed by atoms with van der Waals surface area (Å²) in [5.74, 6) is 1.62. The number of rotatable bonds is 4. The summed E-state index contributed by atoms with van der Waals surface area (Å²) in [4.78, 5) is 2.59. The van der Waals surface area contributed by atoms with E-state index in [0.717, 1.165) is 17.9 Å². The Bertz CT molecular complexity index is 370. The van der Waals surface area contributed by atoms with E-state index in [1.54, 1.807) is 0 Å². The average Bonchev–Trinajstić information content (AvgIpc) is 2.99. The van der Waals surface area contributed by atoms with Crippen LogP contribution < -0.4 is 10.2 Å². The second-order valence-electron chi connectivity index (χ2n) is 6.26. The van der Waals surface area contributed by atoms with Crippen molar-refractivity contribution in [2.45, 2.75) is 45.2 Å². The van der Waals surface area contributed by atoms with Crippen LogP contribution in [0.3, 0.4) is 0 Å². The van der Waals surface area contributed by atoms with Crippen molar-refractivity contribution in [1.29, 1.82) is 0 Å². The maximum atomic E-state index is 3.83. The molecule has 1 aliphatic heterocycles. The fraction of sp³-hybridized carbons (Fsp3) is 0.733. The number of hydrogen-bond acceptors (Lipinski definition) is 3. The van der Waals surface area contributed by atoms with Gasteiger partial charge in [0.25, 0.3) is 0 Å². The lowest BCUT2D eigenvalue weighted by molar-refractivity contribution is 0.271. The van der Waals surface area contributed by atoms with E-state index in [1.165, 1.54) is 38.0 Å². The predicted octanol–water partition coefficient (Wildman–Crippen LogP) is 3.35. The van der Waals surface area contributed by atoms with E-state index in [1.807, 2.05) is 11.3 Å². The van der Waals surface area contributed by atoms with Gasteiger partial charge in [-0.05, 0) is 42.5 Å². The summed E-state index contributed by atoms with van der Waals surface area (Å²) in [5.41, 5.74) is 1.42. The van der Waals surface area contributed by atoms with Crippen LogP contribution in [-0.4, -0.2) is 25.2 Å². The largest absolute Gasteiger partial charge is 0.369 e. The van der Waals surface area contributed by atoms with Crippen LogP contribution in [0.4, 0.5) is 5.69 Å². The van der Waals surface area contributed by atoms with Crippen molar-refractivity contribution in [2.75, 3.05) is 18.0 Å². The maximum absolute atomic E-state index is 3.83. The molecule has 0 amide bonds. The summed E-state index contributed by atoms with van der Waals surface area (Å²) < 4.78 is 0. The highest BCUT2D eigenvalue weighted by Crippen LogP contribution is 2.30. The lowest BCUT2D eigenvalue weighted by Crippen LogP contribution is -2.51. The van der Waals surface area contributed by atoms with Gasteiger partial charge in [-0.25, -0.2) is 0 Å². The molecular formula is C15H24N2S. The quantitative estimate of drug-likeness (QED) is 0.897. The molecule has 100 valence electrons. The summed E-state index contributed by atoms with van der Waals surface area (Å²) in [6.07, 6.45) is 4.14. The smallest absolute Gasteiger partial charge is 0.0475 e. The molecule has 1 saturated carbocycles. The Balaban J connectivity index is 1.69. The van der Waals surface area contributed by atoms with Crippen molar-refractivity contribution >= 4 is 17.0 Å². The van der Waals surface area contributed by atoms with Crippen LogP contribution in [0.2, 0.25) is 0 Å². The fourth-order valence-corrected chi connectivity index (χ4v) is 3.64. The molecule has 1 saturated heterocycles. The minimum Gasteiger partial charge on any atom is -0.369 e. The van der Waals surface area contributed by atoms with Gasteiger partial charge in [0.15, 0.2) is 0 Å². The predicted molar refractivity (Wildman–Crippen MR) is 79.4 cm³/mol. The van der Waals surface area contributed by atoms with Crippen LogP contribution >= 0.6 is 11.3 Å². The molecule has 1 aromatic rings. The van der Waals surface area contributed by atoms with Gasteiger partial charge in [0.1, 0.15) is 0 Å². The van der Waals surface area contributed by atoms with Crippen LogP contribution in [0, 0.1) is 11.8 Å². The Morgan fingerprint density at radius 1 is 1.28 bits per heavy atom. The molecule has 0 spiro atoms. The zero-order valence-electron chi connectivity index (χ0n) is 11.4. The molecule has 3 heteroatoms. The maximum Gasteiger partial charge on any atom is 0.0475 e. The molecule has 1 aliphatic carbocycles. The third kappa shape index (κ3) is 2.89. The van der Waals surface area contributed by atoms with Gasteiger partial charge in [0.2, 0.25) is 0 Å². The molecule has 0 bridgehead atoms. The average molecular weight is 264 g/mol. The molecule has 3 rings (SSSR count). The van der Waals surface area contributed by atoms with Crippen molar-refractivity contribution < 1.29 is 0 Å². The minimum absolute atomic E-state index is 0.693. The summed E-state index contributed by atoms with van der Waals surface area (Å²) >= 11 is 1.81. The van der Waals surface area contributed by atoms with Crippen molar-refractivity contribution in [3.63, 3.8) is 0 Å². The Hall–Kier alpha value is -0.540. The number of thiophene rings is 1. The zero-order chi connectivity index (χ0) is 12.5. The van der Waals surface area contributed by atoms with E-state index in [-0.39, 0.29) is 0 Å². The van der Waals surface area contributed by atoms with E-state index in [2.05, 4.69) is 40.9 Å². The number of hydrogen-bond donors (Lipinski definition) is 1. The molecular weight excluding hydrogens is 240 g/mol. The third-order valence-electron chi connectivity index (χ3n) is 4.35. The van der Waals surface area contributed by atoms with E-state index in [0.29, 0.717) is 6.04 Å². The summed E-state index contributed by atoms with van der Waals surface area (Å²) in [6, 6.07) is 3.78. The first-order valence-electron chi connectivity index (χ1n) is 7.25. The van der Waals surface area contributed by atoms with Crippen molar-refractivity contribution in [1.82, 2.24) is 5.32 Å². The number of nitrogens with one attached hydrogen (secondary N) is 1. The van der Waals surface area contributed by atoms with Crippen molar-refractivity contribution in [3.8, 4) is 0 Å². The summed E-state index contributed by atoms with van der Waals surface area (Å²) in [7, 11) is 0. The van der Waals surface area contributed by atoms with Crippen LogP contribution in [0.25, 0.3) is 0 Å². The van der Waals surface area contributed by atoms with E-state index in [9.17, 15) is 0 Å². The molecule has 2 heterocycles. The van der Waals surface area contributed by atoms with Crippen molar-refractivity contribution in [2.24, 2.45) is 11.8 Å². The lowest BCUT2D eigenvalue weighted by Gasteiger charge is -2.41. The molecule has 1 N–H and O–H groups in total.